The van der Waals surface area contributed by atoms with Crippen molar-refractivity contribution in [3.8, 4) is 0 Å². The van der Waals surface area contributed by atoms with Gasteiger partial charge in [-0.25, -0.2) is 5.48 Å². The first kappa shape index (κ1) is 37.6. The van der Waals surface area contributed by atoms with Gasteiger partial charge >= 0.3 is 5.97 Å². The first-order valence-electron chi connectivity index (χ1n) is 12.3. The normalized spacial score (nSPS) is 10.1. The fraction of sp³-hybridized carbons (Fsp3) is 0.625. The lowest BCUT2D eigenvalue weighted by Gasteiger charge is -1.97. The van der Waals surface area contributed by atoms with E-state index in [4.69, 9.17) is 14.8 Å². The molecule has 0 aliphatic rings. The van der Waals surface area contributed by atoms with Crippen molar-refractivity contribution in [2.45, 2.75) is 87.0 Å². The van der Waals surface area contributed by atoms with Crippen LogP contribution in [0.25, 0.3) is 0 Å². The van der Waals surface area contributed by atoms with Crippen LogP contribution in [0.15, 0.2) is 26.2 Å². The van der Waals surface area contributed by atoms with E-state index < -0.39 is 5.97 Å². The number of carbonyl (C=O) groups is 2. The monoisotopic (exact) mass is 573 g/mol. The fourth-order valence-electron chi connectivity index (χ4n) is 1.71. The summed E-state index contributed by atoms with van der Waals surface area (Å²) in [5, 5.41) is 31.4. The lowest BCUT2D eigenvalue weighted by molar-refractivity contribution is -0.140. The molecule has 3 aromatic rings. The van der Waals surface area contributed by atoms with Crippen molar-refractivity contribution in [2.24, 2.45) is 11.8 Å². The molecular weight excluding hydrogens is 530 g/mol. The summed E-state index contributed by atoms with van der Waals surface area (Å²) in [4.78, 5) is 42.0. The number of nitrogens with one attached hydrogen (secondary N) is 4. The molecule has 0 unspecified atom stereocenters. The molecule has 14 nitrogen and oxygen atoms in total. The predicted molar refractivity (Wildman–Crippen MR) is 148 cm³/mol. The Morgan fingerprint density at radius 2 is 1.46 bits per heavy atom. The summed E-state index contributed by atoms with van der Waals surface area (Å²) in [7, 11) is 0. The molecule has 3 aromatic heterocycles. The zero-order valence-electron chi connectivity index (χ0n) is 24.2. The number of H-pyrrole nitrogens is 3. The van der Waals surface area contributed by atoms with Gasteiger partial charge in [0.1, 0.15) is 5.76 Å². The summed E-state index contributed by atoms with van der Waals surface area (Å²) in [5.74, 6) is 1.14. The maximum absolute atomic E-state index is 10.5. The van der Waals surface area contributed by atoms with E-state index >= 15 is 0 Å². The second-order valence-electron chi connectivity index (χ2n) is 9.59. The molecule has 3 heterocycles. The molecule has 0 radical (unpaired) electrons. The van der Waals surface area contributed by atoms with Crippen molar-refractivity contribution < 1.29 is 24.4 Å². The molecule has 0 atom stereocenters. The molecule has 6 N–H and O–H groups in total. The Balaban J connectivity index is 0. The van der Waals surface area contributed by atoms with Crippen molar-refractivity contribution in [1.82, 2.24) is 35.6 Å². The van der Waals surface area contributed by atoms with E-state index in [1.807, 2.05) is 27.7 Å². The third-order valence-corrected chi connectivity index (χ3v) is 5.36. The predicted octanol–water partition coefficient (Wildman–Crippen LogP) is 3.85. The van der Waals surface area contributed by atoms with Crippen LogP contribution >= 0.6 is 11.5 Å². The maximum atomic E-state index is 10.5. The molecule has 0 spiro atoms. The number of nitrogens with zero attached hydrogens (tertiary/aromatic N) is 3. The number of aromatic nitrogens is 6. The molecule has 0 saturated heterocycles. The third-order valence-electron chi connectivity index (χ3n) is 4.23. The number of carbonyl (C=O) groups excluding carboxylic acids is 1. The Hall–Kier alpha value is -3.59. The summed E-state index contributed by atoms with van der Waals surface area (Å²) in [6, 6.07) is 3.11. The maximum Gasteiger partial charge on any atom is 0.305 e. The second-order valence-corrected chi connectivity index (χ2v) is 10.5. The molecule has 222 valence electrons. The van der Waals surface area contributed by atoms with Crippen LogP contribution < -0.4 is 16.6 Å². The smallest absolute Gasteiger partial charge is 0.305 e. The number of carboxylic acid groups (broad SMARTS) is 1. The van der Waals surface area contributed by atoms with Crippen molar-refractivity contribution in [1.29, 1.82) is 0 Å². The van der Waals surface area contributed by atoms with Crippen LogP contribution in [0.1, 0.15) is 103 Å². The van der Waals surface area contributed by atoms with Crippen LogP contribution in [0.5, 0.6) is 0 Å². The zero-order valence-corrected chi connectivity index (χ0v) is 25.0. The minimum absolute atomic E-state index is 0.0173. The van der Waals surface area contributed by atoms with Gasteiger partial charge in [-0.2, -0.15) is 10.4 Å². The second kappa shape index (κ2) is 20.4. The van der Waals surface area contributed by atoms with Gasteiger partial charge in [-0.05, 0) is 5.92 Å². The van der Waals surface area contributed by atoms with Gasteiger partial charge in [0.25, 0.3) is 11.1 Å². The van der Waals surface area contributed by atoms with Crippen LogP contribution in [0, 0.1) is 11.8 Å². The molecule has 15 heteroatoms. The Bertz CT molecular complexity index is 1090. The molecule has 0 aliphatic heterocycles. The van der Waals surface area contributed by atoms with Crippen LogP contribution in [-0.2, 0) is 9.59 Å². The van der Waals surface area contributed by atoms with E-state index in [9.17, 15) is 19.2 Å². The number of hydrogen-bond donors (Lipinski definition) is 6. The molecule has 0 saturated carbocycles. The molecule has 0 aromatic carbocycles. The average Bonchev–Trinajstić information content (AvgIpc) is 3.62. The van der Waals surface area contributed by atoms with Gasteiger partial charge in [0, 0.05) is 34.8 Å². The molecule has 0 aliphatic carbocycles. The minimum atomic E-state index is -0.741. The first-order valence-corrected chi connectivity index (χ1v) is 13.1. The van der Waals surface area contributed by atoms with Crippen LogP contribution in [-0.4, -0.2) is 52.3 Å². The van der Waals surface area contributed by atoms with Crippen LogP contribution in [0.3, 0.4) is 0 Å². The van der Waals surface area contributed by atoms with Crippen LogP contribution in [0.4, 0.5) is 0 Å². The number of aromatic amines is 3. The summed E-state index contributed by atoms with van der Waals surface area (Å²) < 4.78 is 7.42. The van der Waals surface area contributed by atoms with Crippen LogP contribution in [0.2, 0.25) is 0 Å². The number of hydroxylamine groups is 1. The lowest BCUT2D eigenvalue weighted by Crippen LogP contribution is -2.23. The van der Waals surface area contributed by atoms with Gasteiger partial charge in [0.2, 0.25) is 5.91 Å². The Morgan fingerprint density at radius 1 is 0.897 bits per heavy atom. The summed E-state index contributed by atoms with van der Waals surface area (Å²) in [5.41, 5.74) is 1.37. The first-order chi connectivity index (χ1) is 18.0. The van der Waals surface area contributed by atoms with E-state index in [2.05, 4.69) is 44.0 Å². The molecule has 3 rings (SSSR count). The van der Waals surface area contributed by atoms with Gasteiger partial charge in [-0.3, -0.25) is 28.8 Å². The Morgan fingerprint density at radius 3 is 1.62 bits per heavy atom. The largest absolute Gasteiger partial charge is 0.481 e. The minimum Gasteiger partial charge on any atom is -0.481 e. The van der Waals surface area contributed by atoms with Crippen molar-refractivity contribution in [3.05, 3.63) is 49.3 Å². The van der Waals surface area contributed by atoms with E-state index in [1.54, 1.807) is 33.8 Å². The van der Waals surface area contributed by atoms with Crippen molar-refractivity contribution in [2.75, 3.05) is 0 Å². The molecule has 0 bridgehead atoms. The highest BCUT2D eigenvalue weighted by atomic mass is 32.1. The highest BCUT2D eigenvalue weighted by Gasteiger charge is 2.03. The summed E-state index contributed by atoms with van der Waals surface area (Å²) >= 11 is 1.42. The SMILES string of the molecule is CC(C)C(=O)NO.CC(C)C(=O)O.CC(C)c1cc(=O)[nH]o1.CC(C)c1cc(=O)[nH]s1.CC(C)c1nn[nH]n1. The van der Waals surface area contributed by atoms with Crippen molar-refractivity contribution in [3.63, 3.8) is 0 Å². The number of amides is 1. The van der Waals surface area contributed by atoms with Gasteiger partial charge in [0.15, 0.2) is 5.82 Å². The highest BCUT2D eigenvalue weighted by Crippen LogP contribution is 2.14. The molecule has 0 fully saturated rings. The van der Waals surface area contributed by atoms with E-state index in [0.717, 1.165) is 10.7 Å². The standard InChI is InChI=1S/C6H9NO2.C6H9NOS.C4H8N4.C4H9NO2.C4H8O2/c2*1-4(2)5-3-6(8)7-9-5;1-3(2)4-5-7-8-6-4;1-3(2)4(6)5-7;1-3(2)4(5)6/h2*3-4H,1-2H3,(H,7,8);3H,1-2H3,(H,5,6,7,8);3,7H,1-2H3,(H,5,6);3H,1-2H3,(H,5,6). The number of aliphatic carboxylic acids is 1. The lowest BCUT2D eigenvalue weighted by atomic mass is 10.2. The quantitative estimate of drug-likeness (QED) is 0.191. The van der Waals surface area contributed by atoms with Gasteiger partial charge in [0.05, 0.1) is 5.92 Å². The van der Waals surface area contributed by atoms with Gasteiger partial charge in [-0.1, -0.05) is 86.0 Å². The number of carboxylic acids is 1. The zero-order chi connectivity index (χ0) is 30.7. The third kappa shape index (κ3) is 19.2. The molecule has 1 amide bonds. The molecular formula is C24H43N7O7S. The summed E-state index contributed by atoms with van der Waals surface area (Å²) in [6.45, 7) is 18.8. The molecule has 39 heavy (non-hydrogen) atoms. The fourth-order valence-corrected chi connectivity index (χ4v) is 2.39. The van der Waals surface area contributed by atoms with E-state index in [1.165, 1.54) is 23.1 Å². The van der Waals surface area contributed by atoms with E-state index in [-0.39, 0.29) is 34.8 Å². The average molecular weight is 574 g/mol. The van der Waals surface area contributed by atoms with Crippen molar-refractivity contribution >= 4 is 23.4 Å². The van der Waals surface area contributed by atoms with E-state index in [0.29, 0.717) is 17.6 Å². The Kier molecular flexibility index (Phi) is 19.6. The summed E-state index contributed by atoms with van der Waals surface area (Å²) in [6.07, 6.45) is 0. The number of rotatable bonds is 5. The topological polar surface area (TPSA) is 220 Å². The van der Waals surface area contributed by atoms with Gasteiger partial charge in [-0.15, -0.1) is 10.2 Å². The number of tetrazole rings is 1. The highest BCUT2D eigenvalue weighted by molar-refractivity contribution is 7.05. The number of hydrogen-bond acceptors (Lipinski definition) is 10. The Labute approximate surface area is 231 Å². The van der Waals surface area contributed by atoms with Gasteiger partial charge < -0.3 is 9.63 Å².